The summed E-state index contributed by atoms with van der Waals surface area (Å²) in [5.74, 6) is 0. The van der Waals surface area contributed by atoms with E-state index in [1.54, 1.807) is 12.3 Å². The number of anilines is 1. The zero-order valence-corrected chi connectivity index (χ0v) is 11.5. The average Bonchev–Trinajstić information content (AvgIpc) is 2.80. The van der Waals surface area contributed by atoms with Crippen molar-refractivity contribution in [2.75, 3.05) is 5.32 Å². The molecule has 2 heterocycles. The summed E-state index contributed by atoms with van der Waals surface area (Å²) in [6.07, 6.45) is -4.07. The molecular formula is C11H9F3N4O2S. The number of nitrogens with one attached hydrogen (secondary N) is 1. The molecule has 0 spiro atoms. The van der Waals surface area contributed by atoms with Crippen LogP contribution in [0.5, 0.6) is 0 Å². The molecule has 2 aromatic heterocycles. The number of aryl methyl sites for hydroxylation is 1. The molecule has 0 saturated heterocycles. The Kier molecular flexibility index (Phi) is 4.07. The van der Waals surface area contributed by atoms with Crippen LogP contribution in [0.4, 0.5) is 24.5 Å². The van der Waals surface area contributed by atoms with Crippen LogP contribution < -0.4 is 5.32 Å². The van der Waals surface area contributed by atoms with Crippen LogP contribution in [0.3, 0.4) is 0 Å². The highest BCUT2D eigenvalue weighted by atomic mass is 32.1. The van der Waals surface area contributed by atoms with Crippen molar-refractivity contribution in [3.05, 3.63) is 44.2 Å². The number of halogens is 3. The van der Waals surface area contributed by atoms with E-state index in [1.807, 2.05) is 0 Å². The van der Waals surface area contributed by atoms with Gasteiger partial charge in [-0.15, -0.1) is 11.3 Å². The highest BCUT2D eigenvalue weighted by molar-refractivity contribution is 7.09. The first-order valence-electron chi connectivity index (χ1n) is 5.64. The summed E-state index contributed by atoms with van der Waals surface area (Å²) in [5.41, 5.74) is -1.17. The number of nitro groups is 1. The zero-order valence-electron chi connectivity index (χ0n) is 10.6. The number of alkyl halides is 3. The number of rotatable bonds is 4. The Balaban J connectivity index is 2.28. The van der Waals surface area contributed by atoms with Gasteiger partial charge in [0.1, 0.15) is 22.6 Å². The fourth-order valence-electron chi connectivity index (χ4n) is 1.54. The van der Waals surface area contributed by atoms with Gasteiger partial charge in [0, 0.05) is 11.1 Å². The van der Waals surface area contributed by atoms with Gasteiger partial charge in [0.2, 0.25) is 0 Å². The van der Waals surface area contributed by atoms with Crippen molar-refractivity contribution in [3.63, 3.8) is 0 Å². The summed E-state index contributed by atoms with van der Waals surface area (Å²) in [7, 11) is 0. The van der Waals surface area contributed by atoms with Gasteiger partial charge in [0.15, 0.2) is 0 Å². The second-order valence-electron chi connectivity index (χ2n) is 4.08. The number of pyridine rings is 1. The molecule has 0 radical (unpaired) electrons. The first-order valence-corrected chi connectivity index (χ1v) is 6.52. The molecule has 21 heavy (non-hydrogen) atoms. The molecule has 0 fully saturated rings. The second-order valence-corrected chi connectivity index (χ2v) is 5.02. The van der Waals surface area contributed by atoms with E-state index in [4.69, 9.17) is 0 Å². The molecule has 0 amide bonds. The maximum absolute atomic E-state index is 12.6. The van der Waals surface area contributed by atoms with Crippen molar-refractivity contribution in [2.24, 2.45) is 0 Å². The van der Waals surface area contributed by atoms with E-state index in [2.05, 4.69) is 15.3 Å². The number of hydrogen-bond donors (Lipinski definition) is 1. The molecular weight excluding hydrogens is 309 g/mol. The lowest BCUT2D eigenvalue weighted by atomic mass is 10.2. The first-order chi connectivity index (χ1) is 9.77. The fourth-order valence-corrected chi connectivity index (χ4v) is 2.26. The van der Waals surface area contributed by atoms with Gasteiger partial charge in [-0.1, -0.05) is 0 Å². The number of hydrogen-bond acceptors (Lipinski definition) is 6. The monoisotopic (exact) mass is 318 g/mol. The predicted octanol–water partition coefficient (Wildman–Crippen LogP) is 3.39. The minimum Gasteiger partial charge on any atom is -0.373 e. The molecule has 112 valence electrons. The highest BCUT2D eigenvalue weighted by Gasteiger charge is 2.34. The molecule has 2 aromatic rings. The van der Waals surface area contributed by atoms with Crippen LogP contribution in [-0.2, 0) is 12.7 Å². The molecule has 2 rings (SSSR count). The van der Waals surface area contributed by atoms with Crippen molar-refractivity contribution >= 4 is 22.7 Å². The van der Waals surface area contributed by atoms with Crippen LogP contribution in [-0.4, -0.2) is 14.9 Å². The van der Waals surface area contributed by atoms with Crippen molar-refractivity contribution < 1.29 is 18.1 Å². The molecule has 0 bridgehead atoms. The maximum atomic E-state index is 12.6. The Bertz CT molecular complexity index is 672. The van der Waals surface area contributed by atoms with E-state index in [0.717, 1.165) is 5.69 Å². The van der Waals surface area contributed by atoms with E-state index in [0.29, 0.717) is 17.3 Å². The van der Waals surface area contributed by atoms with Gasteiger partial charge < -0.3 is 5.32 Å². The Morgan fingerprint density at radius 1 is 1.48 bits per heavy atom. The van der Waals surface area contributed by atoms with Crippen LogP contribution in [0.2, 0.25) is 0 Å². The Morgan fingerprint density at radius 3 is 2.71 bits per heavy atom. The minimum atomic E-state index is -4.66. The maximum Gasteiger partial charge on any atom is 0.433 e. The summed E-state index contributed by atoms with van der Waals surface area (Å²) in [6.45, 7) is 1.87. The SMILES string of the molecule is Cc1csc(CNc2cc(C(F)(F)F)ncc2[N+](=O)[O-])n1. The van der Waals surface area contributed by atoms with Gasteiger partial charge >= 0.3 is 11.9 Å². The van der Waals surface area contributed by atoms with Crippen LogP contribution in [0, 0.1) is 17.0 Å². The number of thiazole rings is 1. The van der Waals surface area contributed by atoms with E-state index in [-0.39, 0.29) is 12.2 Å². The summed E-state index contributed by atoms with van der Waals surface area (Å²) in [4.78, 5) is 17.2. The van der Waals surface area contributed by atoms with Gasteiger partial charge in [0.25, 0.3) is 0 Å². The molecule has 0 saturated carbocycles. The third-order valence-electron chi connectivity index (χ3n) is 2.47. The molecule has 0 aliphatic heterocycles. The quantitative estimate of drug-likeness (QED) is 0.690. The molecule has 6 nitrogen and oxygen atoms in total. The average molecular weight is 318 g/mol. The van der Waals surface area contributed by atoms with E-state index in [9.17, 15) is 23.3 Å². The molecule has 0 unspecified atom stereocenters. The predicted molar refractivity (Wildman–Crippen MR) is 70.1 cm³/mol. The van der Waals surface area contributed by atoms with Gasteiger partial charge in [-0.25, -0.2) is 9.97 Å². The van der Waals surface area contributed by atoms with Crippen molar-refractivity contribution in [1.82, 2.24) is 9.97 Å². The number of nitrogens with zero attached hydrogens (tertiary/aromatic N) is 3. The lowest BCUT2D eigenvalue weighted by Crippen LogP contribution is -2.10. The van der Waals surface area contributed by atoms with E-state index >= 15 is 0 Å². The largest absolute Gasteiger partial charge is 0.433 e. The van der Waals surface area contributed by atoms with Crippen LogP contribution in [0.25, 0.3) is 0 Å². The fraction of sp³-hybridized carbons (Fsp3) is 0.273. The lowest BCUT2D eigenvalue weighted by Gasteiger charge is -2.09. The zero-order chi connectivity index (χ0) is 15.6. The van der Waals surface area contributed by atoms with E-state index in [1.165, 1.54) is 11.3 Å². The summed E-state index contributed by atoms with van der Waals surface area (Å²) >= 11 is 1.31. The Labute approximate surface area is 120 Å². The first kappa shape index (κ1) is 15.2. The molecule has 0 atom stereocenters. The van der Waals surface area contributed by atoms with Crippen molar-refractivity contribution in [3.8, 4) is 0 Å². The van der Waals surface area contributed by atoms with Crippen molar-refractivity contribution in [1.29, 1.82) is 0 Å². The molecule has 10 heteroatoms. The second kappa shape index (κ2) is 5.64. The molecule has 0 aliphatic carbocycles. The highest BCUT2D eigenvalue weighted by Crippen LogP contribution is 2.33. The Morgan fingerprint density at radius 2 is 2.19 bits per heavy atom. The van der Waals surface area contributed by atoms with Gasteiger partial charge in [0.05, 0.1) is 11.5 Å². The lowest BCUT2D eigenvalue weighted by molar-refractivity contribution is -0.384. The topological polar surface area (TPSA) is 81.0 Å². The molecule has 0 aromatic carbocycles. The molecule has 1 N–H and O–H groups in total. The third kappa shape index (κ3) is 3.66. The van der Waals surface area contributed by atoms with Gasteiger partial charge in [-0.2, -0.15) is 13.2 Å². The molecule has 0 aliphatic rings. The summed E-state index contributed by atoms with van der Waals surface area (Å²) in [5, 5.41) is 15.8. The Hall–Kier alpha value is -2.23. The minimum absolute atomic E-state index is 0.0979. The van der Waals surface area contributed by atoms with E-state index < -0.39 is 22.5 Å². The van der Waals surface area contributed by atoms with Crippen molar-refractivity contribution in [2.45, 2.75) is 19.6 Å². The van der Waals surface area contributed by atoms with Crippen LogP contribution in [0.15, 0.2) is 17.6 Å². The van der Waals surface area contributed by atoms with Gasteiger partial charge in [-0.05, 0) is 13.0 Å². The third-order valence-corrected chi connectivity index (χ3v) is 3.43. The van der Waals surface area contributed by atoms with Crippen LogP contribution >= 0.6 is 11.3 Å². The smallest absolute Gasteiger partial charge is 0.373 e. The van der Waals surface area contributed by atoms with Crippen LogP contribution in [0.1, 0.15) is 16.4 Å². The van der Waals surface area contributed by atoms with Gasteiger partial charge in [-0.3, -0.25) is 10.1 Å². The summed E-state index contributed by atoms with van der Waals surface area (Å²) < 4.78 is 37.8. The normalized spacial score (nSPS) is 11.4. The summed E-state index contributed by atoms with van der Waals surface area (Å²) in [6, 6.07) is 0.624. The number of aromatic nitrogens is 2. The standard InChI is InChI=1S/C11H9F3N4O2S/c1-6-5-21-10(17-6)4-15-7-2-9(11(12,13)14)16-3-8(7)18(19)20/h2-3,5H,4H2,1H3,(H,15,16).